The quantitative estimate of drug-likeness (QED) is 0.904. The van der Waals surface area contributed by atoms with Gasteiger partial charge in [0.05, 0.1) is 0 Å². The van der Waals surface area contributed by atoms with Crippen LogP contribution in [0.25, 0.3) is 0 Å². The molecule has 1 aromatic carbocycles. The fourth-order valence-corrected chi connectivity index (χ4v) is 3.88. The molecule has 27 heavy (non-hydrogen) atoms. The lowest BCUT2D eigenvalue weighted by Crippen LogP contribution is -2.41. The van der Waals surface area contributed by atoms with Gasteiger partial charge in [0.1, 0.15) is 0 Å². The molecule has 0 unspecified atom stereocenters. The Morgan fingerprint density at radius 2 is 1.67 bits per heavy atom. The number of hydrogen-bond acceptors (Lipinski definition) is 3. The zero-order chi connectivity index (χ0) is 19.4. The number of rotatable bonds is 4. The van der Waals surface area contributed by atoms with Crippen LogP contribution < -0.4 is 5.32 Å². The minimum atomic E-state index is 0.000270. The van der Waals surface area contributed by atoms with E-state index in [1.807, 2.05) is 37.8 Å². The van der Waals surface area contributed by atoms with Gasteiger partial charge in [0, 0.05) is 43.2 Å². The molecule has 0 saturated carbocycles. The number of pyridine rings is 1. The van der Waals surface area contributed by atoms with Gasteiger partial charge in [-0.25, -0.2) is 0 Å². The van der Waals surface area contributed by atoms with Gasteiger partial charge in [0.2, 0.25) is 0 Å². The zero-order valence-electron chi connectivity index (χ0n) is 16.3. The van der Waals surface area contributed by atoms with Crippen molar-refractivity contribution in [2.45, 2.75) is 33.6 Å². The molecule has 0 atom stereocenters. The number of benzene rings is 1. The molecule has 1 aliphatic heterocycles. The molecule has 1 saturated heterocycles. The number of aromatic nitrogens is 1. The lowest BCUT2D eigenvalue weighted by molar-refractivity contribution is 0.0684. The molecule has 5 nitrogen and oxygen atoms in total. The number of likely N-dealkylation sites (tertiary alicyclic amines) is 1. The minimum Gasteiger partial charge on any atom is -0.352 e. The Morgan fingerprint density at radius 3 is 2.26 bits per heavy atom. The maximum Gasteiger partial charge on any atom is 0.253 e. The number of aryl methyl sites for hydroxylation is 3. The third-order valence-electron chi connectivity index (χ3n) is 5.28. The Kier molecular flexibility index (Phi) is 5.89. The summed E-state index contributed by atoms with van der Waals surface area (Å²) in [5.41, 5.74) is 4.67. The molecule has 2 amide bonds. The van der Waals surface area contributed by atoms with Gasteiger partial charge in [0.15, 0.2) is 0 Å². The van der Waals surface area contributed by atoms with E-state index < -0.39 is 0 Å². The second kappa shape index (κ2) is 8.33. The van der Waals surface area contributed by atoms with E-state index in [1.54, 1.807) is 24.5 Å². The molecule has 0 radical (unpaired) electrons. The summed E-state index contributed by atoms with van der Waals surface area (Å²) in [7, 11) is 0. The first-order chi connectivity index (χ1) is 13.0. The van der Waals surface area contributed by atoms with Gasteiger partial charge >= 0.3 is 0 Å². The fourth-order valence-electron chi connectivity index (χ4n) is 3.88. The number of carbonyl (C=O) groups excluding carboxylic acids is 2. The van der Waals surface area contributed by atoms with E-state index in [-0.39, 0.29) is 11.8 Å². The number of carbonyl (C=O) groups is 2. The molecule has 142 valence electrons. The van der Waals surface area contributed by atoms with Gasteiger partial charge in [-0.15, -0.1) is 0 Å². The van der Waals surface area contributed by atoms with E-state index in [9.17, 15) is 9.59 Å². The summed E-state index contributed by atoms with van der Waals surface area (Å²) in [6.07, 6.45) is 5.10. The number of nitrogens with zero attached hydrogens (tertiary/aromatic N) is 2. The molecular weight excluding hydrogens is 338 g/mol. The highest BCUT2D eigenvalue weighted by molar-refractivity contribution is 5.97. The summed E-state index contributed by atoms with van der Waals surface area (Å²) in [4.78, 5) is 31.0. The molecule has 2 heterocycles. The largest absolute Gasteiger partial charge is 0.352 e. The van der Waals surface area contributed by atoms with E-state index in [4.69, 9.17) is 0 Å². The third kappa shape index (κ3) is 4.54. The van der Waals surface area contributed by atoms with E-state index in [2.05, 4.69) is 10.3 Å². The lowest BCUT2D eigenvalue weighted by atomic mass is 9.95. The Hall–Kier alpha value is -2.69. The van der Waals surface area contributed by atoms with E-state index in [0.29, 0.717) is 18.0 Å². The Labute approximate surface area is 160 Å². The summed E-state index contributed by atoms with van der Waals surface area (Å²) >= 11 is 0. The van der Waals surface area contributed by atoms with Crippen LogP contribution in [0.4, 0.5) is 0 Å². The molecule has 1 aromatic heterocycles. The van der Waals surface area contributed by atoms with Crippen molar-refractivity contribution in [1.29, 1.82) is 0 Å². The monoisotopic (exact) mass is 365 g/mol. The van der Waals surface area contributed by atoms with Crippen molar-refractivity contribution < 1.29 is 9.59 Å². The molecule has 2 aromatic rings. The van der Waals surface area contributed by atoms with Crippen LogP contribution >= 0.6 is 0 Å². The van der Waals surface area contributed by atoms with Crippen molar-refractivity contribution in [1.82, 2.24) is 15.2 Å². The standard InChI is InChI=1S/C22H27N3O2/c1-15-12-16(2)20(17(3)13-15)21(26)24-14-18-6-10-25(11-7-18)22(27)19-4-8-23-9-5-19/h4-5,8-9,12-13,18H,6-7,10-11,14H2,1-3H3,(H,24,26). The van der Waals surface area contributed by atoms with E-state index in [1.165, 1.54) is 5.56 Å². The van der Waals surface area contributed by atoms with Crippen molar-refractivity contribution in [2.75, 3.05) is 19.6 Å². The average Bonchev–Trinajstić information content (AvgIpc) is 2.66. The topological polar surface area (TPSA) is 62.3 Å². The third-order valence-corrected chi connectivity index (χ3v) is 5.28. The molecule has 1 fully saturated rings. The molecule has 1 N–H and O–H groups in total. The van der Waals surface area contributed by atoms with Gasteiger partial charge < -0.3 is 10.2 Å². The molecule has 0 bridgehead atoms. The summed E-state index contributed by atoms with van der Waals surface area (Å²) in [6, 6.07) is 7.60. The van der Waals surface area contributed by atoms with Crippen LogP contribution in [0.15, 0.2) is 36.7 Å². The first kappa shape index (κ1) is 19.1. The molecule has 3 rings (SSSR count). The van der Waals surface area contributed by atoms with Gasteiger partial charge in [0.25, 0.3) is 11.8 Å². The van der Waals surface area contributed by atoms with E-state index >= 15 is 0 Å². The molecule has 5 heteroatoms. The van der Waals surface area contributed by atoms with Crippen LogP contribution in [0.1, 0.15) is 50.2 Å². The summed E-state index contributed by atoms with van der Waals surface area (Å²) in [5, 5.41) is 3.09. The van der Waals surface area contributed by atoms with Gasteiger partial charge in [-0.05, 0) is 62.8 Å². The van der Waals surface area contributed by atoms with Crippen LogP contribution in [-0.4, -0.2) is 41.3 Å². The Morgan fingerprint density at radius 1 is 1.07 bits per heavy atom. The number of hydrogen-bond donors (Lipinski definition) is 1. The van der Waals surface area contributed by atoms with Gasteiger partial charge in [-0.3, -0.25) is 14.6 Å². The van der Waals surface area contributed by atoms with E-state index in [0.717, 1.165) is 42.6 Å². The van der Waals surface area contributed by atoms with Crippen molar-refractivity contribution in [3.63, 3.8) is 0 Å². The van der Waals surface area contributed by atoms with Crippen LogP contribution in [0.2, 0.25) is 0 Å². The van der Waals surface area contributed by atoms with Gasteiger partial charge in [-0.1, -0.05) is 17.7 Å². The average molecular weight is 365 g/mol. The molecule has 1 aliphatic rings. The predicted octanol–water partition coefficient (Wildman–Crippen LogP) is 3.29. The van der Waals surface area contributed by atoms with Crippen molar-refractivity contribution in [3.8, 4) is 0 Å². The first-order valence-corrected chi connectivity index (χ1v) is 9.51. The summed E-state index contributed by atoms with van der Waals surface area (Å²) < 4.78 is 0. The Bertz CT molecular complexity index is 802. The van der Waals surface area contributed by atoms with Crippen molar-refractivity contribution in [3.05, 3.63) is 64.5 Å². The van der Waals surface area contributed by atoms with Crippen molar-refractivity contribution >= 4 is 11.8 Å². The zero-order valence-corrected chi connectivity index (χ0v) is 16.3. The Balaban J connectivity index is 1.51. The second-order valence-corrected chi connectivity index (χ2v) is 7.46. The predicted molar refractivity (Wildman–Crippen MR) is 106 cm³/mol. The van der Waals surface area contributed by atoms with Gasteiger partial charge in [-0.2, -0.15) is 0 Å². The van der Waals surface area contributed by atoms with Crippen LogP contribution in [0.5, 0.6) is 0 Å². The van der Waals surface area contributed by atoms with Crippen LogP contribution in [0.3, 0.4) is 0 Å². The number of amides is 2. The molecule has 0 aliphatic carbocycles. The number of nitrogens with one attached hydrogen (secondary N) is 1. The number of piperidine rings is 1. The van der Waals surface area contributed by atoms with Crippen LogP contribution in [0, 0.1) is 26.7 Å². The second-order valence-electron chi connectivity index (χ2n) is 7.46. The summed E-state index contributed by atoms with van der Waals surface area (Å²) in [5.74, 6) is 0.465. The normalized spacial score (nSPS) is 14.9. The maximum absolute atomic E-state index is 12.6. The SMILES string of the molecule is Cc1cc(C)c(C(=O)NCC2CCN(C(=O)c3ccncc3)CC2)c(C)c1. The fraction of sp³-hybridized carbons (Fsp3) is 0.409. The molecule has 0 spiro atoms. The highest BCUT2D eigenvalue weighted by atomic mass is 16.2. The van der Waals surface area contributed by atoms with Crippen molar-refractivity contribution in [2.24, 2.45) is 5.92 Å². The first-order valence-electron chi connectivity index (χ1n) is 9.51. The minimum absolute atomic E-state index is 0.000270. The highest BCUT2D eigenvalue weighted by Crippen LogP contribution is 2.20. The molecular formula is C22H27N3O2. The maximum atomic E-state index is 12.6. The smallest absolute Gasteiger partial charge is 0.253 e. The highest BCUT2D eigenvalue weighted by Gasteiger charge is 2.24. The van der Waals surface area contributed by atoms with Crippen LogP contribution in [-0.2, 0) is 0 Å². The summed E-state index contributed by atoms with van der Waals surface area (Å²) in [6.45, 7) is 8.12. The lowest BCUT2D eigenvalue weighted by Gasteiger charge is -2.32.